The highest BCUT2D eigenvalue weighted by Gasteiger charge is 2.35. The number of carbonyl (C=O) groups excluding carboxylic acids is 2. The third-order valence-corrected chi connectivity index (χ3v) is 4.37. The molecule has 0 aliphatic carbocycles. The molecule has 1 N–H and O–H groups in total. The third-order valence-electron chi connectivity index (χ3n) is 4.37. The van der Waals surface area contributed by atoms with Crippen LogP contribution in [0.2, 0.25) is 0 Å². The molecule has 0 spiro atoms. The predicted molar refractivity (Wildman–Crippen MR) is 98.4 cm³/mol. The third kappa shape index (κ3) is 4.55. The number of nitrogens with one attached hydrogen (secondary N) is 1. The first-order valence-electron chi connectivity index (χ1n) is 8.68. The van der Waals surface area contributed by atoms with E-state index in [9.17, 15) is 14.0 Å². The summed E-state index contributed by atoms with van der Waals surface area (Å²) in [6.45, 7) is 0.788. The quantitative estimate of drug-likeness (QED) is 0.758. The van der Waals surface area contributed by atoms with Crippen LogP contribution in [-0.4, -0.2) is 38.6 Å². The summed E-state index contributed by atoms with van der Waals surface area (Å²) in [4.78, 5) is 25.8. The van der Waals surface area contributed by atoms with Gasteiger partial charge >= 0.3 is 0 Å². The lowest BCUT2D eigenvalue weighted by molar-refractivity contribution is -0.126. The highest BCUT2D eigenvalue weighted by molar-refractivity contribution is 6.00. The summed E-state index contributed by atoms with van der Waals surface area (Å²) >= 11 is 0. The molecule has 1 fully saturated rings. The van der Waals surface area contributed by atoms with Gasteiger partial charge in [-0.2, -0.15) is 0 Å². The normalized spacial score (nSPS) is 16.3. The molecule has 0 bridgehead atoms. The van der Waals surface area contributed by atoms with Gasteiger partial charge < -0.3 is 19.7 Å². The average molecular weight is 372 g/mol. The predicted octanol–water partition coefficient (Wildman–Crippen LogP) is 2.38. The van der Waals surface area contributed by atoms with Crippen LogP contribution in [0.15, 0.2) is 48.5 Å². The fraction of sp³-hybridized carbons (Fsp3) is 0.300. The first kappa shape index (κ1) is 18.7. The number of ether oxygens (including phenoxy) is 2. The number of methoxy groups -OCH3 is 1. The molecule has 2 amide bonds. The smallest absolute Gasteiger partial charge is 0.227 e. The van der Waals surface area contributed by atoms with Gasteiger partial charge in [-0.05, 0) is 36.4 Å². The van der Waals surface area contributed by atoms with Gasteiger partial charge in [-0.3, -0.25) is 9.59 Å². The van der Waals surface area contributed by atoms with Gasteiger partial charge in [-0.1, -0.05) is 12.1 Å². The zero-order chi connectivity index (χ0) is 19.2. The summed E-state index contributed by atoms with van der Waals surface area (Å²) in [7, 11) is 1.59. The summed E-state index contributed by atoms with van der Waals surface area (Å²) < 4.78 is 24.5. The molecule has 1 atom stereocenters. The molecule has 0 saturated carbocycles. The molecule has 142 valence electrons. The van der Waals surface area contributed by atoms with E-state index < -0.39 is 11.7 Å². The van der Waals surface area contributed by atoms with Crippen molar-refractivity contribution in [2.75, 3.05) is 31.7 Å². The molecule has 7 heteroatoms. The molecule has 1 aliphatic rings. The number of benzene rings is 2. The van der Waals surface area contributed by atoms with Crippen LogP contribution in [0.4, 0.5) is 10.1 Å². The minimum Gasteiger partial charge on any atom is -0.497 e. The molecule has 6 nitrogen and oxygen atoms in total. The Balaban J connectivity index is 1.46. The maximum absolute atomic E-state index is 13.9. The summed E-state index contributed by atoms with van der Waals surface area (Å²) in [5.41, 5.74) is 0.209. The van der Waals surface area contributed by atoms with Crippen molar-refractivity contribution >= 4 is 17.5 Å². The fourth-order valence-electron chi connectivity index (χ4n) is 2.95. The SMILES string of the molecule is COc1ccc(OCCNC(=O)C2CC(=O)N(c3ccccc3F)C2)cc1. The van der Waals surface area contributed by atoms with E-state index >= 15 is 0 Å². The van der Waals surface area contributed by atoms with Crippen LogP contribution in [0.25, 0.3) is 0 Å². The van der Waals surface area contributed by atoms with Gasteiger partial charge in [0.25, 0.3) is 0 Å². The van der Waals surface area contributed by atoms with E-state index in [1.807, 2.05) is 0 Å². The number of amides is 2. The number of rotatable bonds is 7. The number of hydrogen-bond acceptors (Lipinski definition) is 4. The van der Waals surface area contributed by atoms with Gasteiger partial charge in [0.05, 0.1) is 25.3 Å². The average Bonchev–Trinajstić information content (AvgIpc) is 3.07. The second-order valence-electron chi connectivity index (χ2n) is 6.17. The summed E-state index contributed by atoms with van der Waals surface area (Å²) in [5.74, 6) is -0.0547. The van der Waals surface area contributed by atoms with Crippen LogP contribution < -0.4 is 19.7 Å². The van der Waals surface area contributed by atoms with Crippen LogP contribution in [0, 0.1) is 11.7 Å². The van der Waals surface area contributed by atoms with E-state index in [0.29, 0.717) is 18.9 Å². The largest absolute Gasteiger partial charge is 0.497 e. The molecule has 1 heterocycles. The maximum Gasteiger partial charge on any atom is 0.227 e. The molecule has 1 saturated heterocycles. The number of anilines is 1. The van der Waals surface area contributed by atoms with Gasteiger partial charge in [-0.15, -0.1) is 0 Å². The highest BCUT2D eigenvalue weighted by Crippen LogP contribution is 2.27. The Bertz CT molecular complexity index is 810. The molecule has 1 unspecified atom stereocenters. The van der Waals surface area contributed by atoms with Crippen molar-refractivity contribution in [2.45, 2.75) is 6.42 Å². The van der Waals surface area contributed by atoms with Crippen LogP contribution in [-0.2, 0) is 9.59 Å². The van der Waals surface area contributed by atoms with Crippen LogP contribution >= 0.6 is 0 Å². The van der Waals surface area contributed by atoms with Crippen molar-refractivity contribution in [3.63, 3.8) is 0 Å². The molecule has 1 aliphatic heterocycles. The van der Waals surface area contributed by atoms with Crippen LogP contribution in [0.1, 0.15) is 6.42 Å². The molecule has 27 heavy (non-hydrogen) atoms. The van der Waals surface area contributed by atoms with Crippen molar-refractivity contribution in [1.82, 2.24) is 5.32 Å². The van der Waals surface area contributed by atoms with E-state index in [4.69, 9.17) is 9.47 Å². The van der Waals surface area contributed by atoms with Crippen molar-refractivity contribution in [1.29, 1.82) is 0 Å². The first-order valence-corrected chi connectivity index (χ1v) is 8.68. The molecule has 2 aromatic carbocycles. The Labute approximate surface area is 156 Å². The summed E-state index contributed by atoms with van der Waals surface area (Å²) in [6, 6.07) is 13.2. The van der Waals surface area contributed by atoms with Crippen molar-refractivity contribution in [2.24, 2.45) is 5.92 Å². The van der Waals surface area contributed by atoms with Gasteiger partial charge in [0.1, 0.15) is 23.9 Å². The van der Waals surface area contributed by atoms with E-state index in [2.05, 4.69) is 5.32 Å². The van der Waals surface area contributed by atoms with Gasteiger partial charge in [-0.25, -0.2) is 4.39 Å². The Hall–Kier alpha value is -3.09. The lowest BCUT2D eigenvalue weighted by Crippen LogP contribution is -2.35. The number of carbonyl (C=O) groups is 2. The number of nitrogens with zero attached hydrogens (tertiary/aromatic N) is 1. The summed E-state index contributed by atoms with van der Waals surface area (Å²) in [6.07, 6.45) is 0.0690. The number of para-hydroxylation sites is 1. The Morgan fingerprint density at radius 2 is 1.89 bits per heavy atom. The zero-order valence-corrected chi connectivity index (χ0v) is 15.0. The van der Waals surface area contributed by atoms with Gasteiger partial charge in [0, 0.05) is 13.0 Å². The zero-order valence-electron chi connectivity index (χ0n) is 15.0. The fourth-order valence-corrected chi connectivity index (χ4v) is 2.95. The molecule has 0 aromatic heterocycles. The van der Waals surface area contributed by atoms with Crippen molar-refractivity contribution in [3.05, 3.63) is 54.3 Å². The van der Waals surface area contributed by atoms with Crippen molar-refractivity contribution in [3.8, 4) is 11.5 Å². The Kier molecular flexibility index (Phi) is 5.90. The van der Waals surface area contributed by atoms with Gasteiger partial charge in [0.2, 0.25) is 11.8 Å². The Morgan fingerprint density at radius 3 is 2.59 bits per heavy atom. The van der Waals surface area contributed by atoms with Crippen LogP contribution in [0.3, 0.4) is 0 Å². The highest BCUT2D eigenvalue weighted by atomic mass is 19.1. The van der Waals surface area contributed by atoms with E-state index in [1.165, 1.54) is 17.0 Å². The lowest BCUT2D eigenvalue weighted by Gasteiger charge is -2.17. The maximum atomic E-state index is 13.9. The Morgan fingerprint density at radius 1 is 1.19 bits per heavy atom. The second-order valence-corrected chi connectivity index (χ2v) is 6.17. The molecule has 2 aromatic rings. The molecule has 3 rings (SSSR count). The number of hydrogen-bond donors (Lipinski definition) is 1. The molecular formula is C20H21FN2O4. The van der Waals surface area contributed by atoms with Crippen molar-refractivity contribution < 1.29 is 23.5 Å². The first-order chi connectivity index (χ1) is 13.1. The molecular weight excluding hydrogens is 351 g/mol. The number of halogens is 1. The van der Waals surface area contributed by atoms with E-state index in [-0.39, 0.29) is 30.5 Å². The van der Waals surface area contributed by atoms with E-state index in [0.717, 1.165) is 5.75 Å². The van der Waals surface area contributed by atoms with Gasteiger partial charge in [0.15, 0.2) is 0 Å². The standard InChI is InChI=1S/C20H21FN2O4/c1-26-15-6-8-16(9-7-15)27-11-10-22-20(25)14-12-19(24)23(13-14)18-5-3-2-4-17(18)21/h2-9,14H,10-13H2,1H3,(H,22,25). The topological polar surface area (TPSA) is 67.9 Å². The van der Waals surface area contributed by atoms with E-state index in [1.54, 1.807) is 43.5 Å². The lowest BCUT2D eigenvalue weighted by atomic mass is 10.1. The summed E-state index contributed by atoms with van der Waals surface area (Å²) in [5, 5.41) is 2.76. The monoisotopic (exact) mass is 372 g/mol. The second kappa shape index (κ2) is 8.53. The molecule has 0 radical (unpaired) electrons. The van der Waals surface area contributed by atoms with Crippen LogP contribution in [0.5, 0.6) is 11.5 Å². The minimum atomic E-state index is -0.502. The minimum absolute atomic E-state index is 0.0690.